The number of aromatic nitrogens is 1. The summed E-state index contributed by atoms with van der Waals surface area (Å²) in [5, 5.41) is 4.83. The lowest BCUT2D eigenvalue weighted by Crippen LogP contribution is -2.22. The van der Waals surface area contributed by atoms with Crippen LogP contribution in [0.1, 0.15) is 15.2 Å². The van der Waals surface area contributed by atoms with Gasteiger partial charge < -0.3 is 5.32 Å². The van der Waals surface area contributed by atoms with Crippen LogP contribution in [-0.2, 0) is 6.54 Å². The van der Waals surface area contributed by atoms with E-state index < -0.39 is 0 Å². The summed E-state index contributed by atoms with van der Waals surface area (Å²) in [5.74, 6) is -0.103. The molecule has 0 aliphatic rings. The number of rotatable bonds is 3. The summed E-state index contributed by atoms with van der Waals surface area (Å²) in [6.45, 7) is 0.562. The first-order valence-electron chi connectivity index (χ1n) is 4.68. The number of thiophene rings is 1. The Morgan fingerprint density at radius 1 is 1.44 bits per heavy atom. The van der Waals surface area contributed by atoms with Crippen LogP contribution in [0.25, 0.3) is 0 Å². The van der Waals surface area contributed by atoms with Crippen molar-refractivity contribution < 1.29 is 4.79 Å². The Bertz CT molecular complexity index is 467. The Morgan fingerprint density at radius 3 is 2.94 bits per heavy atom. The molecule has 2 aromatic heterocycles. The maximum absolute atomic E-state index is 11.7. The number of nitrogens with one attached hydrogen (secondary N) is 1. The fourth-order valence-electron chi connectivity index (χ4n) is 1.19. The first kappa shape index (κ1) is 11.3. The third-order valence-corrected chi connectivity index (χ3v) is 3.34. The molecule has 0 fully saturated rings. The SMILES string of the molecule is O=C(NCc1cccs1)c1ccc(Br)nc1. The normalized spacial score (nSPS) is 10.1. The molecule has 2 rings (SSSR count). The van der Waals surface area contributed by atoms with Gasteiger partial charge in [-0.15, -0.1) is 11.3 Å². The van der Waals surface area contributed by atoms with Crippen molar-refractivity contribution in [3.8, 4) is 0 Å². The fraction of sp³-hybridized carbons (Fsp3) is 0.0909. The smallest absolute Gasteiger partial charge is 0.253 e. The zero-order valence-corrected chi connectivity index (χ0v) is 10.7. The van der Waals surface area contributed by atoms with E-state index >= 15 is 0 Å². The number of hydrogen-bond acceptors (Lipinski definition) is 3. The predicted octanol–water partition coefficient (Wildman–Crippen LogP) is 2.84. The van der Waals surface area contributed by atoms with Crippen LogP contribution in [0, 0.1) is 0 Å². The van der Waals surface area contributed by atoms with E-state index in [1.165, 1.54) is 0 Å². The summed E-state index contributed by atoms with van der Waals surface area (Å²) >= 11 is 4.85. The minimum atomic E-state index is -0.103. The lowest BCUT2D eigenvalue weighted by molar-refractivity contribution is 0.0951. The minimum Gasteiger partial charge on any atom is -0.347 e. The van der Waals surface area contributed by atoms with E-state index in [1.807, 2.05) is 17.5 Å². The lowest BCUT2D eigenvalue weighted by Gasteiger charge is -2.03. The monoisotopic (exact) mass is 296 g/mol. The van der Waals surface area contributed by atoms with Gasteiger partial charge in [0, 0.05) is 11.1 Å². The molecule has 0 saturated heterocycles. The standard InChI is InChI=1S/C11H9BrN2OS/c12-10-4-3-8(6-13-10)11(15)14-7-9-2-1-5-16-9/h1-6H,7H2,(H,14,15). The van der Waals surface area contributed by atoms with Crippen LogP contribution in [0.4, 0.5) is 0 Å². The zero-order valence-electron chi connectivity index (χ0n) is 8.31. The van der Waals surface area contributed by atoms with Crippen molar-refractivity contribution in [3.63, 3.8) is 0 Å². The highest BCUT2D eigenvalue weighted by atomic mass is 79.9. The first-order chi connectivity index (χ1) is 7.75. The largest absolute Gasteiger partial charge is 0.347 e. The van der Waals surface area contributed by atoms with E-state index in [0.717, 1.165) is 9.48 Å². The Balaban J connectivity index is 1.95. The number of pyridine rings is 1. The Labute approximate surface area is 106 Å². The van der Waals surface area contributed by atoms with Gasteiger partial charge in [0.2, 0.25) is 0 Å². The second-order valence-electron chi connectivity index (χ2n) is 3.13. The van der Waals surface area contributed by atoms with Crippen LogP contribution in [-0.4, -0.2) is 10.9 Å². The molecule has 0 aliphatic heterocycles. The number of amides is 1. The molecule has 0 aliphatic carbocycles. The maximum atomic E-state index is 11.7. The quantitative estimate of drug-likeness (QED) is 0.885. The van der Waals surface area contributed by atoms with Crippen molar-refractivity contribution in [1.82, 2.24) is 10.3 Å². The Morgan fingerprint density at radius 2 is 2.31 bits per heavy atom. The molecule has 5 heteroatoms. The van der Waals surface area contributed by atoms with Gasteiger partial charge >= 0.3 is 0 Å². The van der Waals surface area contributed by atoms with E-state index in [-0.39, 0.29) is 5.91 Å². The maximum Gasteiger partial charge on any atom is 0.253 e. The van der Waals surface area contributed by atoms with E-state index in [9.17, 15) is 4.79 Å². The first-order valence-corrected chi connectivity index (χ1v) is 6.35. The molecule has 0 spiro atoms. The molecule has 0 aromatic carbocycles. The van der Waals surface area contributed by atoms with Gasteiger partial charge in [-0.3, -0.25) is 4.79 Å². The van der Waals surface area contributed by atoms with Gasteiger partial charge in [0.25, 0.3) is 5.91 Å². The molecule has 0 saturated carbocycles. The van der Waals surface area contributed by atoms with Crippen molar-refractivity contribution in [2.24, 2.45) is 0 Å². The third kappa shape index (κ3) is 2.90. The van der Waals surface area contributed by atoms with E-state index in [4.69, 9.17) is 0 Å². The highest BCUT2D eigenvalue weighted by Crippen LogP contribution is 2.09. The van der Waals surface area contributed by atoms with Crippen molar-refractivity contribution >= 4 is 33.2 Å². The second-order valence-corrected chi connectivity index (χ2v) is 4.98. The average molecular weight is 297 g/mol. The van der Waals surface area contributed by atoms with E-state index in [1.54, 1.807) is 29.7 Å². The summed E-state index contributed by atoms with van der Waals surface area (Å²) in [7, 11) is 0. The third-order valence-electron chi connectivity index (χ3n) is 1.99. The number of carbonyl (C=O) groups is 1. The Hall–Kier alpha value is -1.20. The average Bonchev–Trinajstić information content (AvgIpc) is 2.80. The lowest BCUT2D eigenvalue weighted by atomic mass is 10.3. The summed E-state index contributed by atoms with van der Waals surface area (Å²) in [4.78, 5) is 16.8. The van der Waals surface area contributed by atoms with Gasteiger partial charge in [-0.25, -0.2) is 4.98 Å². The molecule has 82 valence electrons. The van der Waals surface area contributed by atoms with Gasteiger partial charge in [0.05, 0.1) is 12.1 Å². The van der Waals surface area contributed by atoms with Gasteiger partial charge in [0.15, 0.2) is 0 Å². The van der Waals surface area contributed by atoms with Crippen LogP contribution in [0.5, 0.6) is 0 Å². The highest BCUT2D eigenvalue weighted by Gasteiger charge is 2.05. The molecule has 0 bridgehead atoms. The van der Waals surface area contributed by atoms with Gasteiger partial charge in [-0.05, 0) is 39.5 Å². The molecule has 16 heavy (non-hydrogen) atoms. The van der Waals surface area contributed by atoms with Gasteiger partial charge in [0.1, 0.15) is 4.60 Å². The van der Waals surface area contributed by atoms with Gasteiger partial charge in [-0.2, -0.15) is 0 Å². The summed E-state index contributed by atoms with van der Waals surface area (Å²) in [6, 6.07) is 7.44. The highest BCUT2D eigenvalue weighted by molar-refractivity contribution is 9.10. The molecular weight excluding hydrogens is 288 g/mol. The van der Waals surface area contributed by atoms with Crippen LogP contribution >= 0.6 is 27.3 Å². The molecule has 1 N–H and O–H groups in total. The Kier molecular flexibility index (Phi) is 3.69. The summed E-state index contributed by atoms with van der Waals surface area (Å²) in [6.07, 6.45) is 1.55. The van der Waals surface area contributed by atoms with E-state index in [2.05, 4.69) is 26.2 Å². The molecule has 2 aromatic rings. The minimum absolute atomic E-state index is 0.103. The van der Waals surface area contributed by atoms with Crippen molar-refractivity contribution in [2.75, 3.05) is 0 Å². The molecule has 3 nitrogen and oxygen atoms in total. The van der Waals surface area contributed by atoms with Gasteiger partial charge in [-0.1, -0.05) is 6.07 Å². The number of halogens is 1. The summed E-state index contributed by atoms with van der Waals surface area (Å²) in [5.41, 5.74) is 0.569. The zero-order chi connectivity index (χ0) is 11.4. The second kappa shape index (κ2) is 5.23. The molecule has 2 heterocycles. The van der Waals surface area contributed by atoms with Crippen molar-refractivity contribution in [2.45, 2.75) is 6.54 Å². The van der Waals surface area contributed by atoms with Crippen LogP contribution in [0.2, 0.25) is 0 Å². The molecule has 0 atom stereocenters. The molecule has 1 amide bonds. The molecule has 0 unspecified atom stereocenters. The topological polar surface area (TPSA) is 42.0 Å². The van der Waals surface area contributed by atoms with Crippen molar-refractivity contribution in [1.29, 1.82) is 0 Å². The van der Waals surface area contributed by atoms with Crippen LogP contribution in [0.3, 0.4) is 0 Å². The summed E-state index contributed by atoms with van der Waals surface area (Å²) < 4.78 is 0.724. The number of nitrogens with zero attached hydrogens (tertiary/aromatic N) is 1. The molecular formula is C11H9BrN2OS. The number of carbonyl (C=O) groups excluding carboxylic acids is 1. The predicted molar refractivity (Wildman–Crippen MR) is 67.4 cm³/mol. The van der Waals surface area contributed by atoms with Crippen molar-refractivity contribution in [3.05, 3.63) is 50.9 Å². The van der Waals surface area contributed by atoms with E-state index in [0.29, 0.717) is 12.1 Å². The number of hydrogen-bond donors (Lipinski definition) is 1. The molecule has 0 radical (unpaired) electrons. The fourth-order valence-corrected chi connectivity index (χ4v) is 2.07. The van der Waals surface area contributed by atoms with Crippen LogP contribution in [0.15, 0.2) is 40.4 Å². The van der Waals surface area contributed by atoms with Crippen LogP contribution < -0.4 is 5.32 Å².